The first-order chi connectivity index (χ1) is 13.7. The normalized spacial score (nSPS) is 10.1. The van der Waals surface area contributed by atoms with Crippen LogP contribution >= 0.6 is 23.2 Å². The number of hydrogen-bond acceptors (Lipinski definition) is 6. The van der Waals surface area contributed by atoms with E-state index in [0.717, 1.165) is 0 Å². The standard InChI is InChI=1S/C18H15Cl2N3O6/c19-11-4-5-15(14(20)8-11)22-17(25)10-29-18(26)7-6-16(24)21-12-2-1-3-13(9-12)23(27)28/h1-5,8-9H,6-7,10H2,(H,21,24)(H,22,25). The lowest BCUT2D eigenvalue weighted by molar-refractivity contribution is -0.384. The van der Waals surface area contributed by atoms with Gasteiger partial charge in [-0.1, -0.05) is 29.3 Å². The summed E-state index contributed by atoms with van der Waals surface area (Å²) in [7, 11) is 0. The fourth-order valence-electron chi connectivity index (χ4n) is 2.13. The molecule has 2 amide bonds. The molecule has 0 aliphatic heterocycles. The number of nitro benzene ring substituents is 1. The van der Waals surface area contributed by atoms with Gasteiger partial charge in [0.2, 0.25) is 5.91 Å². The van der Waals surface area contributed by atoms with E-state index in [-0.39, 0.29) is 29.2 Å². The minimum Gasteiger partial charge on any atom is -0.456 e. The summed E-state index contributed by atoms with van der Waals surface area (Å²) in [6, 6.07) is 9.88. The highest BCUT2D eigenvalue weighted by molar-refractivity contribution is 6.36. The van der Waals surface area contributed by atoms with Crippen LogP contribution in [-0.4, -0.2) is 29.3 Å². The van der Waals surface area contributed by atoms with Crippen LogP contribution in [0.25, 0.3) is 0 Å². The van der Waals surface area contributed by atoms with Crippen LogP contribution in [0.2, 0.25) is 10.0 Å². The van der Waals surface area contributed by atoms with Gasteiger partial charge in [-0.3, -0.25) is 24.5 Å². The number of nitrogens with zero attached hydrogens (tertiary/aromatic N) is 1. The molecule has 11 heteroatoms. The van der Waals surface area contributed by atoms with Crippen molar-refractivity contribution in [1.29, 1.82) is 0 Å². The van der Waals surface area contributed by atoms with Crippen molar-refractivity contribution in [2.75, 3.05) is 17.2 Å². The largest absolute Gasteiger partial charge is 0.456 e. The minimum absolute atomic E-state index is 0.172. The zero-order valence-corrected chi connectivity index (χ0v) is 16.3. The molecule has 152 valence electrons. The number of ether oxygens (including phenoxy) is 1. The molecule has 0 heterocycles. The molecule has 9 nitrogen and oxygen atoms in total. The highest BCUT2D eigenvalue weighted by Crippen LogP contribution is 2.25. The third-order valence-corrected chi connectivity index (χ3v) is 4.01. The molecular weight excluding hydrogens is 425 g/mol. The van der Waals surface area contributed by atoms with Crippen molar-refractivity contribution in [3.8, 4) is 0 Å². The zero-order chi connectivity index (χ0) is 21.4. The van der Waals surface area contributed by atoms with Gasteiger partial charge in [0, 0.05) is 29.3 Å². The molecule has 0 unspecified atom stereocenters. The van der Waals surface area contributed by atoms with Crippen LogP contribution in [0, 0.1) is 10.1 Å². The summed E-state index contributed by atoms with van der Waals surface area (Å²) >= 11 is 11.7. The Bertz CT molecular complexity index is 951. The van der Waals surface area contributed by atoms with E-state index in [1.54, 1.807) is 0 Å². The topological polar surface area (TPSA) is 128 Å². The molecule has 29 heavy (non-hydrogen) atoms. The molecule has 2 N–H and O–H groups in total. The second kappa shape index (κ2) is 10.4. The molecule has 0 radical (unpaired) electrons. The average molecular weight is 440 g/mol. The molecule has 0 aromatic heterocycles. The van der Waals surface area contributed by atoms with Gasteiger partial charge in [0.15, 0.2) is 6.61 Å². The molecule has 0 bridgehead atoms. The fraction of sp³-hybridized carbons (Fsp3) is 0.167. The number of rotatable bonds is 8. The Morgan fingerprint density at radius 1 is 1.00 bits per heavy atom. The summed E-state index contributed by atoms with van der Waals surface area (Å²) in [6.07, 6.45) is -0.484. The summed E-state index contributed by atoms with van der Waals surface area (Å²) in [5, 5.41) is 16.3. The predicted octanol–water partition coefficient (Wildman–Crippen LogP) is 3.80. The third-order valence-electron chi connectivity index (χ3n) is 3.47. The number of non-ortho nitro benzene ring substituents is 1. The van der Waals surface area contributed by atoms with E-state index in [4.69, 9.17) is 27.9 Å². The lowest BCUT2D eigenvalue weighted by Gasteiger charge is -2.08. The Hall–Kier alpha value is -3.17. The molecule has 2 aromatic rings. The Kier molecular flexibility index (Phi) is 7.93. The summed E-state index contributed by atoms with van der Waals surface area (Å²) in [5.41, 5.74) is 0.374. The van der Waals surface area contributed by atoms with E-state index in [1.807, 2.05) is 0 Å². The van der Waals surface area contributed by atoms with Gasteiger partial charge >= 0.3 is 5.97 Å². The van der Waals surface area contributed by atoms with Gasteiger partial charge in [-0.2, -0.15) is 0 Å². The monoisotopic (exact) mass is 439 g/mol. The van der Waals surface area contributed by atoms with E-state index >= 15 is 0 Å². The summed E-state index contributed by atoms with van der Waals surface area (Å²) in [4.78, 5) is 45.5. The lowest BCUT2D eigenvalue weighted by atomic mass is 10.2. The van der Waals surface area contributed by atoms with E-state index in [9.17, 15) is 24.5 Å². The predicted molar refractivity (Wildman–Crippen MR) is 107 cm³/mol. The maximum Gasteiger partial charge on any atom is 0.306 e. The third kappa shape index (κ3) is 7.40. The number of hydrogen-bond donors (Lipinski definition) is 2. The number of carbonyl (C=O) groups is 3. The Balaban J connectivity index is 1.73. The van der Waals surface area contributed by atoms with Gasteiger partial charge in [0.05, 0.1) is 22.1 Å². The van der Waals surface area contributed by atoms with Crippen LogP contribution < -0.4 is 10.6 Å². The average Bonchev–Trinajstić information content (AvgIpc) is 2.67. The van der Waals surface area contributed by atoms with Crippen molar-refractivity contribution in [3.63, 3.8) is 0 Å². The van der Waals surface area contributed by atoms with Gasteiger partial charge < -0.3 is 15.4 Å². The highest BCUT2D eigenvalue weighted by Gasteiger charge is 2.13. The molecule has 0 aliphatic rings. The Morgan fingerprint density at radius 2 is 1.76 bits per heavy atom. The van der Waals surface area contributed by atoms with Crippen LogP contribution in [0.15, 0.2) is 42.5 Å². The number of halogens is 2. The number of benzene rings is 2. The summed E-state index contributed by atoms with van der Waals surface area (Å²) in [6.45, 7) is -0.551. The van der Waals surface area contributed by atoms with Crippen LogP contribution in [0.4, 0.5) is 17.1 Å². The number of anilines is 2. The Morgan fingerprint density at radius 3 is 2.45 bits per heavy atom. The van der Waals surface area contributed by atoms with Crippen molar-refractivity contribution in [2.24, 2.45) is 0 Å². The van der Waals surface area contributed by atoms with Crippen molar-refractivity contribution in [2.45, 2.75) is 12.8 Å². The second-order valence-corrected chi connectivity index (χ2v) is 6.53. The number of carbonyl (C=O) groups excluding carboxylic acids is 3. The van der Waals surface area contributed by atoms with Crippen LogP contribution in [0.1, 0.15) is 12.8 Å². The molecule has 2 aromatic carbocycles. The highest BCUT2D eigenvalue weighted by atomic mass is 35.5. The van der Waals surface area contributed by atoms with Crippen molar-refractivity contribution >= 4 is 58.0 Å². The molecule has 0 atom stereocenters. The SMILES string of the molecule is O=C(CCC(=O)OCC(=O)Nc1ccc(Cl)cc1Cl)Nc1cccc([N+](=O)[O-])c1. The zero-order valence-electron chi connectivity index (χ0n) is 14.8. The van der Waals surface area contributed by atoms with Gasteiger partial charge in [-0.05, 0) is 24.3 Å². The maximum absolute atomic E-state index is 11.8. The van der Waals surface area contributed by atoms with Crippen molar-refractivity contribution < 1.29 is 24.0 Å². The van der Waals surface area contributed by atoms with Crippen LogP contribution in [0.5, 0.6) is 0 Å². The van der Waals surface area contributed by atoms with E-state index in [0.29, 0.717) is 10.7 Å². The van der Waals surface area contributed by atoms with E-state index in [1.165, 1.54) is 42.5 Å². The van der Waals surface area contributed by atoms with E-state index < -0.39 is 29.3 Å². The van der Waals surface area contributed by atoms with Crippen molar-refractivity contribution in [3.05, 3.63) is 62.6 Å². The van der Waals surface area contributed by atoms with Gasteiger partial charge in [0.25, 0.3) is 11.6 Å². The molecule has 2 rings (SSSR count). The number of esters is 1. The summed E-state index contributed by atoms with van der Waals surface area (Å²) in [5.74, 6) is -1.89. The molecule has 0 saturated carbocycles. The molecule has 0 spiro atoms. The smallest absolute Gasteiger partial charge is 0.306 e. The first kappa shape index (κ1) is 22.1. The molecule has 0 fully saturated rings. The van der Waals surface area contributed by atoms with Crippen LogP contribution in [0.3, 0.4) is 0 Å². The number of nitrogens with one attached hydrogen (secondary N) is 2. The van der Waals surface area contributed by atoms with Gasteiger partial charge in [0.1, 0.15) is 0 Å². The number of amides is 2. The first-order valence-corrected chi connectivity index (χ1v) is 8.95. The van der Waals surface area contributed by atoms with Crippen molar-refractivity contribution in [1.82, 2.24) is 0 Å². The summed E-state index contributed by atoms with van der Waals surface area (Å²) < 4.78 is 4.80. The fourth-order valence-corrected chi connectivity index (χ4v) is 2.59. The minimum atomic E-state index is -0.753. The number of nitro groups is 1. The molecule has 0 aliphatic carbocycles. The lowest BCUT2D eigenvalue weighted by Crippen LogP contribution is -2.22. The van der Waals surface area contributed by atoms with E-state index in [2.05, 4.69) is 10.6 Å². The van der Waals surface area contributed by atoms with Gasteiger partial charge in [-0.25, -0.2) is 0 Å². The molecular formula is C18H15Cl2N3O6. The second-order valence-electron chi connectivity index (χ2n) is 5.69. The Labute approximate surface area is 175 Å². The maximum atomic E-state index is 11.8. The first-order valence-electron chi connectivity index (χ1n) is 8.19. The van der Waals surface area contributed by atoms with Crippen LogP contribution in [-0.2, 0) is 19.1 Å². The molecule has 0 saturated heterocycles. The quantitative estimate of drug-likeness (QED) is 0.365. The van der Waals surface area contributed by atoms with Gasteiger partial charge in [-0.15, -0.1) is 0 Å².